The number of rotatable bonds is 2. The van der Waals surface area contributed by atoms with Crippen molar-refractivity contribution in [2.24, 2.45) is 0 Å². The van der Waals surface area contributed by atoms with E-state index in [2.05, 4.69) is 10.00 Å². The minimum Gasteiger partial charge on any atom is -0.396 e. The summed E-state index contributed by atoms with van der Waals surface area (Å²) in [6.45, 7) is 5.98. The molecule has 0 aromatic carbocycles. The molecule has 0 saturated carbocycles. The van der Waals surface area contributed by atoms with Gasteiger partial charge in [0.05, 0.1) is 36.7 Å². The summed E-state index contributed by atoms with van der Waals surface area (Å²) in [6, 6.07) is 1.12. The van der Waals surface area contributed by atoms with Crippen LogP contribution in [0.5, 0.6) is 0 Å². The lowest BCUT2D eigenvalue weighted by atomic mass is 10.2. The fourth-order valence-corrected chi connectivity index (χ4v) is 2.43. The van der Waals surface area contributed by atoms with Crippen LogP contribution in [-0.4, -0.2) is 47.0 Å². The summed E-state index contributed by atoms with van der Waals surface area (Å²) >= 11 is 0. The summed E-state index contributed by atoms with van der Waals surface area (Å²) < 4.78 is 7.26. The molecule has 0 amide bonds. The topological polar surface area (TPSA) is 56.3 Å². The van der Waals surface area contributed by atoms with E-state index in [1.807, 2.05) is 17.8 Å². The monoisotopic (exact) mass is 222 g/mol. The van der Waals surface area contributed by atoms with Crippen LogP contribution in [0.15, 0.2) is 6.20 Å². The van der Waals surface area contributed by atoms with E-state index in [0.717, 1.165) is 44.1 Å². The van der Waals surface area contributed by atoms with E-state index in [0.29, 0.717) is 12.1 Å². The Bertz CT molecular complexity index is 366. The second-order valence-electron chi connectivity index (χ2n) is 4.78. The minimum atomic E-state index is 0.483. The molecule has 2 N–H and O–H groups in total. The van der Waals surface area contributed by atoms with Crippen molar-refractivity contribution in [3.63, 3.8) is 0 Å². The number of aromatic nitrogens is 2. The highest BCUT2D eigenvalue weighted by Crippen LogP contribution is 2.26. The summed E-state index contributed by atoms with van der Waals surface area (Å²) in [5.74, 6) is 0. The van der Waals surface area contributed by atoms with Gasteiger partial charge in [-0.3, -0.25) is 9.58 Å². The predicted molar refractivity (Wildman–Crippen MR) is 61.2 cm³/mol. The van der Waals surface area contributed by atoms with Crippen molar-refractivity contribution in [2.75, 3.05) is 32.0 Å². The van der Waals surface area contributed by atoms with Crippen molar-refractivity contribution in [1.29, 1.82) is 0 Å². The Hall–Kier alpha value is -1.07. The maximum atomic E-state index is 5.82. The van der Waals surface area contributed by atoms with Crippen molar-refractivity contribution in [1.82, 2.24) is 14.7 Å². The quantitative estimate of drug-likeness (QED) is 0.788. The summed E-state index contributed by atoms with van der Waals surface area (Å²) in [5.41, 5.74) is 7.56. The Morgan fingerprint density at radius 3 is 2.81 bits per heavy atom. The van der Waals surface area contributed by atoms with Gasteiger partial charge in [-0.1, -0.05) is 0 Å². The van der Waals surface area contributed by atoms with Crippen LogP contribution in [0.25, 0.3) is 0 Å². The van der Waals surface area contributed by atoms with Crippen molar-refractivity contribution >= 4 is 5.69 Å². The van der Waals surface area contributed by atoms with Gasteiger partial charge in [-0.15, -0.1) is 0 Å². The van der Waals surface area contributed by atoms with Crippen molar-refractivity contribution < 1.29 is 4.74 Å². The number of hydrogen-bond donors (Lipinski definition) is 1. The second-order valence-corrected chi connectivity index (χ2v) is 4.78. The molecule has 2 aliphatic heterocycles. The number of anilines is 1. The highest BCUT2D eigenvalue weighted by Gasteiger charge is 2.33. The van der Waals surface area contributed by atoms with Crippen LogP contribution in [0, 0.1) is 6.92 Å². The number of hydrogen-bond acceptors (Lipinski definition) is 4. The first-order chi connectivity index (χ1) is 7.74. The maximum Gasteiger partial charge on any atom is 0.0823 e. The molecular formula is C11H18N4O. The van der Waals surface area contributed by atoms with Crippen molar-refractivity contribution in [3.8, 4) is 0 Å². The van der Waals surface area contributed by atoms with Gasteiger partial charge in [0.2, 0.25) is 0 Å². The summed E-state index contributed by atoms with van der Waals surface area (Å²) in [7, 11) is 0. The Morgan fingerprint density at radius 1 is 1.44 bits per heavy atom. The number of aryl methyl sites for hydroxylation is 1. The fourth-order valence-electron chi connectivity index (χ4n) is 2.43. The van der Waals surface area contributed by atoms with Gasteiger partial charge in [-0.05, 0) is 13.3 Å². The molecule has 1 unspecified atom stereocenters. The van der Waals surface area contributed by atoms with Crippen LogP contribution >= 0.6 is 0 Å². The smallest absolute Gasteiger partial charge is 0.0823 e. The minimum absolute atomic E-state index is 0.483. The first kappa shape index (κ1) is 10.1. The summed E-state index contributed by atoms with van der Waals surface area (Å²) in [4.78, 5) is 2.50. The van der Waals surface area contributed by atoms with Crippen LogP contribution in [0.3, 0.4) is 0 Å². The number of nitrogens with zero attached hydrogens (tertiary/aromatic N) is 3. The highest BCUT2D eigenvalue weighted by atomic mass is 16.5. The van der Waals surface area contributed by atoms with Gasteiger partial charge in [0.1, 0.15) is 0 Å². The van der Waals surface area contributed by atoms with Gasteiger partial charge in [0.15, 0.2) is 0 Å². The summed E-state index contributed by atoms with van der Waals surface area (Å²) in [5, 5.41) is 4.46. The molecule has 2 fully saturated rings. The zero-order valence-corrected chi connectivity index (χ0v) is 9.59. The molecule has 2 aliphatic rings. The molecule has 3 heterocycles. The van der Waals surface area contributed by atoms with Crippen LogP contribution in [0.2, 0.25) is 0 Å². The van der Waals surface area contributed by atoms with E-state index in [9.17, 15) is 0 Å². The van der Waals surface area contributed by atoms with E-state index >= 15 is 0 Å². The predicted octanol–water partition coefficient (Wildman–Crippen LogP) is 0.419. The average molecular weight is 222 g/mol. The first-order valence-corrected chi connectivity index (χ1v) is 5.87. The zero-order valence-electron chi connectivity index (χ0n) is 9.59. The third-order valence-corrected chi connectivity index (χ3v) is 3.66. The van der Waals surface area contributed by atoms with Gasteiger partial charge in [0, 0.05) is 19.3 Å². The molecule has 3 rings (SSSR count). The molecule has 1 aromatic heterocycles. The third-order valence-electron chi connectivity index (χ3n) is 3.66. The maximum absolute atomic E-state index is 5.82. The molecule has 1 atom stereocenters. The molecule has 5 heteroatoms. The van der Waals surface area contributed by atoms with Gasteiger partial charge in [-0.25, -0.2) is 0 Å². The molecule has 1 aromatic rings. The van der Waals surface area contributed by atoms with Gasteiger partial charge in [0.25, 0.3) is 0 Å². The van der Waals surface area contributed by atoms with E-state index in [4.69, 9.17) is 10.5 Å². The van der Waals surface area contributed by atoms with E-state index < -0.39 is 0 Å². The zero-order chi connectivity index (χ0) is 11.1. The van der Waals surface area contributed by atoms with Crippen LogP contribution < -0.4 is 5.73 Å². The Morgan fingerprint density at radius 2 is 2.25 bits per heavy atom. The second kappa shape index (κ2) is 3.75. The molecular weight excluding hydrogens is 204 g/mol. The highest BCUT2D eigenvalue weighted by molar-refractivity contribution is 5.39. The first-order valence-electron chi connectivity index (χ1n) is 5.87. The van der Waals surface area contributed by atoms with Crippen LogP contribution in [0.1, 0.15) is 18.2 Å². The lowest BCUT2D eigenvalue weighted by molar-refractivity contribution is -0.0579. The van der Waals surface area contributed by atoms with Gasteiger partial charge in [-0.2, -0.15) is 5.10 Å². The number of nitrogens with two attached hydrogens (primary N) is 1. The molecule has 0 bridgehead atoms. The van der Waals surface area contributed by atoms with E-state index in [1.165, 1.54) is 0 Å². The largest absolute Gasteiger partial charge is 0.396 e. The molecule has 0 spiro atoms. The van der Waals surface area contributed by atoms with Crippen molar-refractivity contribution in [2.45, 2.75) is 25.4 Å². The molecule has 5 nitrogen and oxygen atoms in total. The molecule has 88 valence electrons. The Kier molecular flexibility index (Phi) is 2.37. The SMILES string of the molecule is Cc1nn(C2CCN(C3COC3)C2)cc1N. The van der Waals surface area contributed by atoms with Crippen LogP contribution in [0.4, 0.5) is 5.69 Å². The fraction of sp³-hybridized carbons (Fsp3) is 0.727. The average Bonchev–Trinajstić information content (AvgIpc) is 2.73. The van der Waals surface area contributed by atoms with Crippen LogP contribution in [-0.2, 0) is 4.74 Å². The normalized spacial score (nSPS) is 27.2. The third kappa shape index (κ3) is 1.60. The number of ether oxygens (including phenoxy) is 1. The van der Waals surface area contributed by atoms with Gasteiger partial charge < -0.3 is 10.5 Å². The van der Waals surface area contributed by atoms with E-state index in [1.54, 1.807) is 0 Å². The molecule has 2 saturated heterocycles. The van der Waals surface area contributed by atoms with Gasteiger partial charge >= 0.3 is 0 Å². The number of likely N-dealkylation sites (tertiary alicyclic amines) is 1. The van der Waals surface area contributed by atoms with E-state index in [-0.39, 0.29) is 0 Å². The molecule has 16 heavy (non-hydrogen) atoms. The lowest BCUT2D eigenvalue weighted by Crippen LogP contribution is -2.47. The Labute approximate surface area is 95.2 Å². The lowest BCUT2D eigenvalue weighted by Gasteiger charge is -2.34. The summed E-state index contributed by atoms with van der Waals surface area (Å²) in [6.07, 6.45) is 3.12. The Balaban J connectivity index is 1.68. The van der Waals surface area contributed by atoms with Crippen molar-refractivity contribution in [3.05, 3.63) is 11.9 Å². The number of nitrogen functional groups attached to an aromatic ring is 1. The molecule has 0 radical (unpaired) electrons. The molecule has 0 aliphatic carbocycles. The standard InChI is InChI=1S/C11H18N4O/c1-8-11(12)5-15(13-8)9-2-3-14(4-9)10-6-16-7-10/h5,9-10H,2-4,6-7,12H2,1H3.